The van der Waals surface area contributed by atoms with Crippen LogP contribution in [0.25, 0.3) is 0 Å². The Balaban J connectivity index is 1.92. The first kappa shape index (κ1) is 15.9. The average Bonchev–Trinajstić information content (AvgIpc) is 2.56. The third-order valence-electron chi connectivity index (χ3n) is 4.07. The molecule has 0 unspecified atom stereocenters. The van der Waals surface area contributed by atoms with Crippen LogP contribution in [0.5, 0.6) is 0 Å². The molecule has 1 aliphatic heterocycles. The minimum Gasteiger partial charge on any atom is -0.381 e. The maximum Gasteiger partial charge on any atom is 0.252 e. The van der Waals surface area contributed by atoms with Crippen LogP contribution >= 0.6 is 11.6 Å². The van der Waals surface area contributed by atoms with Crippen LogP contribution in [-0.2, 0) is 10.3 Å². The van der Waals surface area contributed by atoms with Gasteiger partial charge in [-0.25, -0.2) is 9.37 Å². The van der Waals surface area contributed by atoms with Crippen molar-refractivity contribution in [2.24, 2.45) is 0 Å². The van der Waals surface area contributed by atoms with Crippen LogP contribution in [0.15, 0.2) is 42.6 Å². The van der Waals surface area contributed by atoms with E-state index in [0.717, 1.165) is 5.56 Å². The quantitative estimate of drug-likeness (QED) is 0.876. The van der Waals surface area contributed by atoms with Crippen LogP contribution in [0.4, 0.5) is 4.39 Å². The lowest BCUT2D eigenvalue weighted by molar-refractivity contribution is 0.0344. The van der Waals surface area contributed by atoms with Crippen molar-refractivity contribution in [2.45, 2.75) is 18.4 Å². The van der Waals surface area contributed by atoms with Gasteiger partial charge in [0.1, 0.15) is 11.0 Å². The van der Waals surface area contributed by atoms with E-state index in [0.29, 0.717) is 31.6 Å². The highest BCUT2D eigenvalue weighted by atomic mass is 35.5. The third kappa shape index (κ3) is 3.51. The van der Waals surface area contributed by atoms with Crippen molar-refractivity contribution < 1.29 is 13.9 Å². The molecular formula is C17H16ClFN2O2. The molecule has 0 aliphatic carbocycles. The van der Waals surface area contributed by atoms with Crippen molar-refractivity contribution in [3.63, 3.8) is 0 Å². The number of halogens is 2. The van der Waals surface area contributed by atoms with Crippen LogP contribution in [0.1, 0.15) is 28.8 Å². The highest BCUT2D eigenvalue weighted by Gasteiger charge is 2.36. The Labute approximate surface area is 138 Å². The van der Waals surface area contributed by atoms with E-state index < -0.39 is 5.54 Å². The molecule has 1 aromatic carbocycles. The van der Waals surface area contributed by atoms with Gasteiger partial charge >= 0.3 is 0 Å². The first-order chi connectivity index (χ1) is 11.1. The van der Waals surface area contributed by atoms with E-state index in [1.807, 2.05) is 6.07 Å². The van der Waals surface area contributed by atoms with Gasteiger partial charge in [-0.15, -0.1) is 0 Å². The molecule has 120 valence electrons. The van der Waals surface area contributed by atoms with Crippen molar-refractivity contribution >= 4 is 17.5 Å². The number of benzene rings is 1. The highest BCUT2D eigenvalue weighted by Crippen LogP contribution is 2.33. The molecule has 0 radical (unpaired) electrons. The second-order valence-electron chi connectivity index (χ2n) is 5.53. The number of ether oxygens (including phenoxy) is 1. The number of nitrogens with zero attached hydrogens (tertiary/aromatic N) is 1. The second kappa shape index (κ2) is 6.64. The summed E-state index contributed by atoms with van der Waals surface area (Å²) < 4.78 is 19.0. The van der Waals surface area contributed by atoms with E-state index in [2.05, 4.69) is 10.3 Å². The summed E-state index contributed by atoms with van der Waals surface area (Å²) in [6.07, 6.45) is 2.65. The van der Waals surface area contributed by atoms with Crippen LogP contribution in [0.2, 0.25) is 5.15 Å². The molecule has 6 heteroatoms. The molecule has 1 aliphatic rings. The molecule has 0 spiro atoms. The maximum absolute atomic E-state index is 13.6. The fourth-order valence-corrected chi connectivity index (χ4v) is 3.00. The summed E-state index contributed by atoms with van der Waals surface area (Å²) >= 11 is 5.84. The number of aromatic nitrogens is 1. The van der Waals surface area contributed by atoms with E-state index in [9.17, 15) is 9.18 Å². The second-order valence-corrected chi connectivity index (χ2v) is 5.91. The van der Waals surface area contributed by atoms with Crippen LogP contribution in [0, 0.1) is 5.82 Å². The Morgan fingerprint density at radius 3 is 2.74 bits per heavy atom. The van der Waals surface area contributed by atoms with Gasteiger partial charge in [-0.1, -0.05) is 23.7 Å². The van der Waals surface area contributed by atoms with Gasteiger partial charge in [-0.05, 0) is 42.7 Å². The number of pyridine rings is 1. The summed E-state index contributed by atoms with van der Waals surface area (Å²) in [7, 11) is 0. The lowest BCUT2D eigenvalue weighted by atomic mass is 9.82. The molecular weight excluding hydrogens is 319 g/mol. The predicted molar refractivity (Wildman–Crippen MR) is 84.8 cm³/mol. The van der Waals surface area contributed by atoms with E-state index >= 15 is 0 Å². The molecule has 4 nitrogen and oxygen atoms in total. The summed E-state index contributed by atoms with van der Waals surface area (Å²) in [6.45, 7) is 1.02. The Kier molecular flexibility index (Phi) is 4.59. The zero-order valence-corrected chi connectivity index (χ0v) is 13.1. The molecule has 1 amide bonds. The van der Waals surface area contributed by atoms with Crippen LogP contribution in [0.3, 0.4) is 0 Å². The van der Waals surface area contributed by atoms with Gasteiger partial charge in [0, 0.05) is 25.0 Å². The first-order valence-corrected chi connectivity index (χ1v) is 7.75. The molecule has 1 aromatic heterocycles. The smallest absolute Gasteiger partial charge is 0.252 e. The Hall–Kier alpha value is -1.98. The molecule has 2 aromatic rings. The van der Waals surface area contributed by atoms with E-state index in [4.69, 9.17) is 16.3 Å². The minimum absolute atomic E-state index is 0.254. The van der Waals surface area contributed by atoms with Crippen molar-refractivity contribution in [1.29, 1.82) is 0 Å². The van der Waals surface area contributed by atoms with Gasteiger partial charge in [-0.3, -0.25) is 4.79 Å². The number of hydrogen-bond acceptors (Lipinski definition) is 3. The largest absolute Gasteiger partial charge is 0.381 e. The van der Waals surface area contributed by atoms with E-state index in [1.54, 1.807) is 12.1 Å². The number of carbonyl (C=O) groups is 1. The predicted octanol–water partition coefficient (Wildman–Crippen LogP) is 3.31. The highest BCUT2D eigenvalue weighted by molar-refractivity contribution is 6.29. The summed E-state index contributed by atoms with van der Waals surface area (Å²) in [5, 5.41) is 3.30. The monoisotopic (exact) mass is 334 g/mol. The van der Waals surface area contributed by atoms with Gasteiger partial charge < -0.3 is 10.1 Å². The lowest BCUT2D eigenvalue weighted by Gasteiger charge is -2.38. The van der Waals surface area contributed by atoms with Crippen molar-refractivity contribution in [1.82, 2.24) is 10.3 Å². The molecule has 0 saturated carbocycles. The van der Waals surface area contributed by atoms with Gasteiger partial charge in [0.15, 0.2) is 0 Å². The van der Waals surface area contributed by atoms with Gasteiger partial charge in [0.05, 0.1) is 5.54 Å². The Morgan fingerprint density at radius 2 is 2.04 bits per heavy atom. The Morgan fingerprint density at radius 1 is 1.26 bits per heavy atom. The minimum atomic E-state index is -0.646. The molecule has 23 heavy (non-hydrogen) atoms. The molecule has 0 atom stereocenters. The average molecular weight is 335 g/mol. The molecule has 1 N–H and O–H groups in total. The van der Waals surface area contributed by atoms with E-state index in [1.165, 1.54) is 24.4 Å². The normalized spacial score (nSPS) is 16.8. The number of hydrogen-bond donors (Lipinski definition) is 1. The Bertz CT molecular complexity index is 717. The van der Waals surface area contributed by atoms with E-state index in [-0.39, 0.29) is 16.9 Å². The summed E-state index contributed by atoms with van der Waals surface area (Å²) in [6, 6.07) is 9.44. The zero-order valence-electron chi connectivity index (χ0n) is 12.4. The molecule has 0 bridgehead atoms. The molecule has 1 saturated heterocycles. The summed E-state index contributed by atoms with van der Waals surface area (Å²) in [4.78, 5) is 16.5. The number of carbonyl (C=O) groups excluding carboxylic acids is 1. The molecule has 1 fully saturated rings. The van der Waals surface area contributed by atoms with Crippen LogP contribution in [-0.4, -0.2) is 24.1 Å². The standard InChI is InChI=1S/C17H16ClFN2O2/c18-15-10-12(4-7-20-15)16(22)21-17(5-8-23-9-6-17)13-2-1-3-14(19)11-13/h1-4,7,10-11H,5-6,8-9H2,(H,21,22). The molecule has 2 heterocycles. The maximum atomic E-state index is 13.6. The first-order valence-electron chi connectivity index (χ1n) is 7.37. The SMILES string of the molecule is O=C(NC1(c2cccc(F)c2)CCOCC1)c1ccnc(Cl)c1. The number of amides is 1. The van der Waals surface area contributed by atoms with Gasteiger partial charge in [0.2, 0.25) is 0 Å². The fraction of sp³-hybridized carbons (Fsp3) is 0.294. The number of nitrogens with one attached hydrogen (secondary N) is 1. The fourth-order valence-electron chi connectivity index (χ4n) is 2.83. The van der Waals surface area contributed by atoms with Crippen molar-refractivity contribution in [3.8, 4) is 0 Å². The topological polar surface area (TPSA) is 51.2 Å². The summed E-state index contributed by atoms with van der Waals surface area (Å²) in [5.74, 6) is -0.588. The number of rotatable bonds is 3. The molecule has 3 rings (SSSR count). The summed E-state index contributed by atoms with van der Waals surface area (Å²) in [5.41, 5.74) is 0.522. The van der Waals surface area contributed by atoms with Gasteiger partial charge in [-0.2, -0.15) is 0 Å². The van der Waals surface area contributed by atoms with Crippen LogP contribution < -0.4 is 5.32 Å². The zero-order chi connectivity index (χ0) is 16.3. The van der Waals surface area contributed by atoms with Crippen molar-refractivity contribution in [3.05, 3.63) is 64.7 Å². The van der Waals surface area contributed by atoms with Gasteiger partial charge in [0.25, 0.3) is 5.91 Å². The lowest BCUT2D eigenvalue weighted by Crippen LogP contribution is -2.49. The van der Waals surface area contributed by atoms with Crippen molar-refractivity contribution in [2.75, 3.05) is 13.2 Å². The third-order valence-corrected chi connectivity index (χ3v) is 4.27.